The molecule has 14 heavy (non-hydrogen) atoms. The maximum Gasteiger partial charge on any atom is 0.419 e. The zero-order valence-electron chi connectivity index (χ0n) is 7.26. The van der Waals surface area contributed by atoms with Gasteiger partial charge in [0, 0.05) is 0 Å². The van der Waals surface area contributed by atoms with Gasteiger partial charge in [0.05, 0.1) is 5.56 Å². The number of hydrogen-bond donors (Lipinski definition) is 0. The second-order valence-corrected chi connectivity index (χ2v) is 2.71. The number of hydrogen-bond acceptors (Lipinski definition) is 2. The quantitative estimate of drug-likeness (QED) is 0.692. The summed E-state index contributed by atoms with van der Waals surface area (Å²) >= 11 is 0. The van der Waals surface area contributed by atoms with Gasteiger partial charge in [-0.3, -0.25) is 4.79 Å². The molecule has 0 spiro atoms. The van der Waals surface area contributed by atoms with Crippen LogP contribution < -0.4 is 4.74 Å². The van der Waals surface area contributed by atoms with Gasteiger partial charge >= 0.3 is 6.18 Å². The highest BCUT2D eigenvalue weighted by molar-refractivity contribution is 5.49. The largest absolute Gasteiger partial charge is 0.428 e. The SMILES string of the molecule is Cc1ccc(OC=O)c(C(F)(F)F)c1. The molecule has 0 bridgehead atoms. The van der Waals surface area contributed by atoms with Gasteiger partial charge in [-0.25, -0.2) is 0 Å². The molecule has 0 atom stereocenters. The van der Waals surface area contributed by atoms with Crippen LogP contribution >= 0.6 is 0 Å². The molecule has 76 valence electrons. The van der Waals surface area contributed by atoms with Crippen molar-refractivity contribution in [3.05, 3.63) is 29.3 Å². The maximum atomic E-state index is 12.4. The predicted molar refractivity (Wildman–Crippen MR) is 42.9 cm³/mol. The fourth-order valence-corrected chi connectivity index (χ4v) is 1.02. The summed E-state index contributed by atoms with van der Waals surface area (Å²) in [6, 6.07) is 3.49. The second-order valence-electron chi connectivity index (χ2n) is 2.71. The normalized spacial score (nSPS) is 11.1. The monoisotopic (exact) mass is 204 g/mol. The van der Waals surface area contributed by atoms with Crippen LogP contribution in [0.25, 0.3) is 0 Å². The van der Waals surface area contributed by atoms with Crippen LogP contribution in [0.3, 0.4) is 0 Å². The number of aryl methyl sites for hydroxylation is 1. The van der Waals surface area contributed by atoms with E-state index >= 15 is 0 Å². The van der Waals surface area contributed by atoms with Crippen LogP contribution in [0, 0.1) is 6.92 Å². The van der Waals surface area contributed by atoms with E-state index in [9.17, 15) is 18.0 Å². The Morgan fingerprint density at radius 2 is 2.00 bits per heavy atom. The van der Waals surface area contributed by atoms with Crippen molar-refractivity contribution in [2.75, 3.05) is 0 Å². The number of carbonyl (C=O) groups excluding carboxylic acids is 1. The van der Waals surface area contributed by atoms with Gasteiger partial charge in [-0.05, 0) is 19.1 Å². The molecule has 0 N–H and O–H groups in total. The Balaban J connectivity index is 3.22. The number of benzene rings is 1. The Kier molecular flexibility index (Phi) is 2.78. The van der Waals surface area contributed by atoms with E-state index in [4.69, 9.17) is 0 Å². The average Bonchev–Trinajstić information content (AvgIpc) is 2.07. The van der Waals surface area contributed by atoms with Crippen molar-refractivity contribution in [1.29, 1.82) is 0 Å². The first kappa shape index (κ1) is 10.6. The van der Waals surface area contributed by atoms with Crippen LogP contribution in [0.15, 0.2) is 18.2 Å². The minimum Gasteiger partial charge on any atom is -0.428 e. The molecular weight excluding hydrogens is 197 g/mol. The van der Waals surface area contributed by atoms with Gasteiger partial charge in [-0.2, -0.15) is 13.2 Å². The van der Waals surface area contributed by atoms with E-state index in [2.05, 4.69) is 4.74 Å². The molecule has 0 aliphatic carbocycles. The molecule has 0 aliphatic rings. The van der Waals surface area contributed by atoms with E-state index in [-0.39, 0.29) is 6.47 Å². The summed E-state index contributed by atoms with van der Waals surface area (Å²) in [5.41, 5.74) is -0.486. The molecule has 1 aromatic rings. The molecule has 0 unspecified atom stereocenters. The van der Waals surface area contributed by atoms with Crippen molar-refractivity contribution in [3.8, 4) is 5.75 Å². The minimum absolute atomic E-state index is 0.0279. The van der Waals surface area contributed by atoms with E-state index in [1.165, 1.54) is 13.0 Å². The molecule has 1 aromatic carbocycles. The summed E-state index contributed by atoms with van der Waals surface area (Å²) in [5, 5.41) is 0. The topological polar surface area (TPSA) is 26.3 Å². The molecule has 5 heteroatoms. The van der Waals surface area contributed by atoms with Crippen molar-refractivity contribution in [2.24, 2.45) is 0 Å². The van der Waals surface area contributed by atoms with E-state index in [1.807, 2.05) is 0 Å². The average molecular weight is 204 g/mol. The molecule has 0 aliphatic heterocycles. The summed E-state index contributed by atoms with van der Waals surface area (Å²) in [7, 11) is 0. The summed E-state index contributed by atoms with van der Waals surface area (Å²) < 4.78 is 41.3. The second kappa shape index (κ2) is 3.69. The molecule has 0 heterocycles. The highest BCUT2D eigenvalue weighted by atomic mass is 19.4. The van der Waals surface area contributed by atoms with Gasteiger partial charge in [0.1, 0.15) is 5.75 Å². The number of rotatable bonds is 2. The van der Waals surface area contributed by atoms with Gasteiger partial charge in [0.15, 0.2) is 0 Å². The highest BCUT2D eigenvalue weighted by Crippen LogP contribution is 2.36. The van der Waals surface area contributed by atoms with Crippen molar-refractivity contribution in [1.82, 2.24) is 0 Å². The van der Waals surface area contributed by atoms with Crippen LogP contribution in [0.1, 0.15) is 11.1 Å². The Morgan fingerprint density at radius 1 is 1.36 bits per heavy atom. The van der Waals surface area contributed by atoms with Crippen molar-refractivity contribution < 1.29 is 22.7 Å². The van der Waals surface area contributed by atoms with Crippen LogP contribution in [0.4, 0.5) is 13.2 Å². The lowest BCUT2D eigenvalue weighted by Crippen LogP contribution is -2.08. The lowest BCUT2D eigenvalue weighted by Gasteiger charge is -2.11. The summed E-state index contributed by atoms with van der Waals surface area (Å²) in [5.74, 6) is -0.474. The summed E-state index contributed by atoms with van der Waals surface area (Å²) in [4.78, 5) is 9.95. The minimum atomic E-state index is -4.51. The third kappa shape index (κ3) is 2.25. The smallest absolute Gasteiger partial charge is 0.419 e. The van der Waals surface area contributed by atoms with E-state index in [0.717, 1.165) is 12.1 Å². The van der Waals surface area contributed by atoms with Crippen LogP contribution in [-0.2, 0) is 11.0 Å². The molecule has 0 fully saturated rings. The molecule has 1 rings (SSSR count). The van der Waals surface area contributed by atoms with E-state index in [1.54, 1.807) is 0 Å². The lowest BCUT2D eigenvalue weighted by atomic mass is 10.1. The zero-order valence-corrected chi connectivity index (χ0v) is 7.26. The van der Waals surface area contributed by atoms with Gasteiger partial charge in [-0.15, -0.1) is 0 Å². The van der Waals surface area contributed by atoms with E-state index < -0.39 is 17.5 Å². The number of alkyl halides is 3. The summed E-state index contributed by atoms with van der Waals surface area (Å²) in [6.07, 6.45) is -4.51. The van der Waals surface area contributed by atoms with Crippen molar-refractivity contribution in [2.45, 2.75) is 13.1 Å². The number of carbonyl (C=O) groups is 1. The third-order valence-electron chi connectivity index (χ3n) is 1.62. The van der Waals surface area contributed by atoms with Crippen LogP contribution in [0.2, 0.25) is 0 Å². The standard InChI is InChI=1S/C9H7F3O2/c1-6-2-3-8(14-5-13)7(4-6)9(10,11)12/h2-5H,1H3. The maximum absolute atomic E-state index is 12.4. The molecule has 0 amide bonds. The molecule has 0 aromatic heterocycles. The Bertz CT molecular complexity index is 344. The first-order valence-corrected chi connectivity index (χ1v) is 3.73. The number of ether oxygens (including phenoxy) is 1. The Labute approximate surface area is 78.3 Å². The summed E-state index contributed by atoms with van der Waals surface area (Å²) in [6.45, 7) is 1.50. The van der Waals surface area contributed by atoms with Gasteiger partial charge < -0.3 is 4.74 Å². The van der Waals surface area contributed by atoms with Gasteiger partial charge in [0.25, 0.3) is 6.47 Å². The van der Waals surface area contributed by atoms with Gasteiger partial charge in [-0.1, -0.05) is 11.6 Å². The van der Waals surface area contributed by atoms with Crippen LogP contribution in [-0.4, -0.2) is 6.47 Å². The van der Waals surface area contributed by atoms with E-state index in [0.29, 0.717) is 5.56 Å². The molecule has 0 saturated carbocycles. The van der Waals surface area contributed by atoms with Crippen molar-refractivity contribution >= 4 is 6.47 Å². The Morgan fingerprint density at radius 3 is 2.50 bits per heavy atom. The highest BCUT2D eigenvalue weighted by Gasteiger charge is 2.34. The zero-order chi connectivity index (χ0) is 10.8. The first-order valence-electron chi connectivity index (χ1n) is 3.73. The lowest BCUT2D eigenvalue weighted by molar-refractivity contribution is -0.139. The molecule has 2 nitrogen and oxygen atoms in total. The fourth-order valence-electron chi connectivity index (χ4n) is 1.02. The van der Waals surface area contributed by atoms with Gasteiger partial charge in [0.2, 0.25) is 0 Å². The van der Waals surface area contributed by atoms with Crippen molar-refractivity contribution in [3.63, 3.8) is 0 Å². The Hall–Kier alpha value is -1.52. The third-order valence-corrected chi connectivity index (χ3v) is 1.62. The van der Waals surface area contributed by atoms with Crippen LogP contribution in [0.5, 0.6) is 5.75 Å². The predicted octanol–water partition coefficient (Wildman–Crippen LogP) is 2.55. The number of halogens is 3. The molecule has 0 saturated heterocycles. The molecule has 0 radical (unpaired) electrons. The molecular formula is C9H7F3O2. The first-order chi connectivity index (χ1) is 6.45. The fraction of sp³-hybridized carbons (Fsp3) is 0.222.